The molecule has 0 aliphatic carbocycles. The summed E-state index contributed by atoms with van der Waals surface area (Å²) in [6.45, 7) is 5.78. The molecule has 116 valence electrons. The zero-order valence-corrected chi connectivity index (χ0v) is 13.8. The van der Waals surface area contributed by atoms with Crippen LogP contribution in [-0.2, 0) is 14.8 Å². The minimum atomic E-state index is -3.79. The molecule has 0 spiro atoms. The highest BCUT2D eigenvalue weighted by molar-refractivity contribution is 8.01. The largest absolute Gasteiger partial charge is 0.480 e. The van der Waals surface area contributed by atoms with Crippen LogP contribution in [0.5, 0.6) is 0 Å². The molecule has 2 atom stereocenters. The maximum atomic E-state index is 12.7. The van der Waals surface area contributed by atoms with Crippen molar-refractivity contribution in [2.75, 3.05) is 5.75 Å². The van der Waals surface area contributed by atoms with Gasteiger partial charge in [0, 0.05) is 5.75 Å². The Morgan fingerprint density at radius 2 is 1.90 bits per heavy atom. The average molecular weight is 329 g/mol. The molecule has 7 heteroatoms. The second-order valence-electron chi connectivity index (χ2n) is 5.35. The highest BCUT2D eigenvalue weighted by Crippen LogP contribution is 2.34. The van der Waals surface area contributed by atoms with Gasteiger partial charge in [0.25, 0.3) is 0 Å². The topological polar surface area (TPSA) is 74.7 Å². The van der Waals surface area contributed by atoms with Crippen LogP contribution in [-0.4, -0.2) is 41.0 Å². The molecule has 0 aromatic heterocycles. The van der Waals surface area contributed by atoms with E-state index in [2.05, 4.69) is 0 Å². The Morgan fingerprint density at radius 3 is 2.38 bits per heavy atom. The molecule has 21 heavy (non-hydrogen) atoms. The molecule has 1 saturated heterocycles. The number of nitrogens with zero attached hydrogens (tertiary/aromatic N) is 1. The van der Waals surface area contributed by atoms with E-state index in [1.54, 1.807) is 31.2 Å². The molecule has 0 bridgehead atoms. The van der Waals surface area contributed by atoms with Crippen LogP contribution < -0.4 is 0 Å². The van der Waals surface area contributed by atoms with Crippen molar-refractivity contribution < 1.29 is 18.3 Å². The van der Waals surface area contributed by atoms with E-state index >= 15 is 0 Å². The van der Waals surface area contributed by atoms with E-state index in [-0.39, 0.29) is 16.0 Å². The Labute approximate surface area is 129 Å². The van der Waals surface area contributed by atoms with Gasteiger partial charge in [0.15, 0.2) is 0 Å². The van der Waals surface area contributed by atoms with Crippen molar-refractivity contribution in [1.29, 1.82) is 0 Å². The van der Waals surface area contributed by atoms with Gasteiger partial charge >= 0.3 is 5.97 Å². The van der Waals surface area contributed by atoms with E-state index in [0.29, 0.717) is 5.92 Å². The molecule has 5 nitrogen and oxygen atoms in total. The van der Waals surface area contributed by atoms with Gasteiger partial charge in [-0.15, -0.1) is 11.8 Å². The third-order valence-electron chi connectivity index (χ3n) is 3.57. The molecule has 1 aliphatic rings. The summed E-state index contributed by atoms with van der Waals surface area (Å²) in [6.07, 6.45) is 0. The minimum absolute atomic E-state index is 0.146. The lowest BCUT2D eigenvalue weighted by atomic mass is 10.0. The van der Waals surface area contributed by atoms with Crippen molar-refractivity contribution in [3.8, 4) is 0 Å². The molecule has 1 fully saturated rings. The summed E-state index contributed by atoms with van der Waals surface area (Å²) >= 11 is 1.34. The van der Waals surface area contributed by atoms with Crippen LogP contribution in [0.15, 0.2) is 29.2 Å². The number of aliphatic carboxylic acids is 1. The average Bonchev–Trinajstić information content (AvgIpc) is 2.81. The molecular weight excluding hydrogens is 310 g/mol. The molecule has 2 unspecified atom stereocenters. The predicted octanol–water partition coefficient (Wildman–Crippen LogP) is 2.35. The van der Waals surface area contributed by atoms with Crippen molar-refractivity contribution in [2.24, 2.45) is 0 Å². The third kappa shape index (κ3) is 3.09. The van der Waals surface area contributed by atoms with E-state index in [9.17, 15) is 18.3 Å². The van der Waals surface area contributed by atoms with Gasteiger partial charge in [0.2, 0.25) is 10.0 Å². The van der Waals surface area contributed by atoms with Gasteiger partial charge in [0.1, 0.15) is 6.04 Å². The summed E-state index contributed by atoms with van der Waals surface area (Å²) in [5.41, 5.74) is 1.05. The number of carboxylic acid groups (broad SMARTS) is 1. The van der Waals surface area contributed by atoms with E-state index in [1.807, 2.05) is 13.8 Å². The number of rotatable bonds is 4. The smallest absolute Gasteiger partial charge is 0.322 e. The fourth-order valence-electron chi connectivity index (χ4n) is 2.32. The number of benzene rings is 1. The lowest BCUT2D eigenvalue weighted by Crippen LogP contribution is -2.44. The van der Waals surface area contributed by atoms with Gasteiger partial charge in [-0.1, -0.05) is 26.0 Å². The zero-order chi connectivity index (χ0) is 15.8. The number of thioether (sulfide) groups is 1. The van der Waals surface area contributed by atoms with Gasteiger partial charge in [-0.05, 0) is 30.5 Å². The summed E-state index contributed by atoms with van der Waals surface area (Å²) in [5.74, 6) is -0.510. The Morgan fingerprint density at radius 1 is 1.33 bits per heavy atom. The van der Waals surface area contributed by atoms with Gasteiger partial charge in [0.05, 0.1) is 10.3 Å². The summed E-state index contributed by atoms with van der Waals surface area (Å²) < 4.78 is 26.5. The summed E-state index contributed by atoms with van der Waals surface area (Å²) in [4.78, 5) is 11.4. The van der Waals surface area contributed by atoms with E-state index in [0.717, 1.165) is 9.87 Å². The molecule has 1 aromatic carbocycles. The monoisotopic (exact) mass is 329 g/mol. The van der Waals surface area contributed by atoms with Crippen LogP contribution in [0.1, 0.15) is 32.3 Å². The van der Waals surface area contributed by atoms with Gasteiger partial charge in [-0.3, -0.25) is 4.79 Å². The first-order valence-electron chi connectivity index (χ1n) is 6.73. The molecule has 0 amide bonds. The number of hydrogen-bond donors (Lipinski definition) is 1. The number of carboxylic acids is 1. The SMILES string of the molecule is CC(C)c1ccc(S(=O)(=O)N2C(C)SCC2C(=O)O)cc1. The van der Waals surface area contributed by atoms with Crippen LogP contribution in [0.4, 0.5) is 0 Å². The zero-order valence-electron chi connectivity index (χ0n) is 12.2. The molecule has 2 rings (SSSR count). The van der Waals surface area contributed by atoms with Crippen LogP contribution in [0.3, 0.4) is 0 Å². The van der Waals surface area contributed by atoms with E-state index in [4.69, 9.17) is 0 Å². The molecule has 1 heterocycles. The Hall–Kier alpha value is -1.05. The minimum Gasteiger partial charge on any atom is -0.480 e. The first-order valence-corrected chi connectivity index (χ1v) is 9.22. The second kappa shape index (κ2) is 5.98. The van der Waals surface area contributed by atoms with Crippen LogP contribution in [0.2, 0.25) is 0 Å². The maximum absolute atomic E-state index is 12.7. The first-order chi connectivity index (χ1) is 9.75. The van der Waals surface area contributed by atoms with Crippen LogP contribution >= 0.6 is 11.8 Å². The molecule has 0 saturated carbocycles. The maximum Gasteiger partial charge on any atom is 0.322 e. The second-order valence-corrected chi connectivity index (χ2v) is 8.54. The summed E-state index contributed by atoms with van der Waals surface area (Å²) in [7, 11) is -3.79. The molecule has 1 N–H and O–H groups in total. The standard InChI is InChI=1S/C14H19NO4S2/c1-9(2)11-4-6-12(7-5-11)21(18,19)15-10(3)20-8-13(15)14(16)17/h4-7,9-10,13H,8H2,1-3H3,(H,16,17). The molecule has 0 radical (unpaired) electrons. The molecular formula is C14H19NO4S2. The number of hydrogen-bond acceptors (Lipinski definition) is 4. The van der Waals surface area contributed by atoms with Gasteiger partial charge < -0.3 is 5.11 Å². The Bertz CT molecular complexity index is 625. The van der Waals surface area contributed by atoms with Crippen molar-refractivity contribution in [3.63, 3.8) is 0 Å². The Balaban J connectivity index is 2.38. The summed E-state index contributed by atoms with van der Waals surface area (Å²) in [6, 6.07) is 5.67. The third-order valence-corrected chi connectivity index (χ3v) is 6.91. The number of sulfonamides is 1. The molecule has 1 aromatic rings. The van der Waals surface area contributed by atoms with Crippen LogP contribution in [0, 0.1) is 0 Å². The van der Waals surface area contributed by atoms with Crippen molar-refractivity contribution >= 4 is 27.8 Å². The quantitative estimate of drug-likeness (QED) is 0.918. The number of carbonyl (C=O) groups is 1. The van der Waals surface area contributed by atoms with E-state index in [1.165, 1.54) is 11.8 Å². The van der Waals surface area contributed by atoms with Gasteiger partial charge in [-0.25, -0.2) is 8.42 Å². The van der Waals surface area contributed by atoms with Crippen molar-refractivity contribution in [3.05, 3.63) is 29.8 Å². The fourth-order valence-corrected chi connectivity index (χ4v) is 5.61. The van der Waals surface area contributed by atoms with Crippen LogP contribution in [0.25, 0.3) is 0 Å². The summed E-state index contributed by atoms with van der Waals surface area (Å²) in [5, 5.41) is 8.83. The molecule has 1 aliphatic heterocycles. The normalized spacial score (nSPS) is 23.6. The van der Waals surface area contributed by atoms with Crippen molar-refractivity contribution in [2.45, 2.75) is 43.0 Å². The van der Waals surface area contributed by atoms with Gasteiger partial charge in [-0.2, -0.15) is 4.31 Å². The highest BCUT2D eigenvalue weighted by Gasteiger charge is 2.44. The van der Waals surface area contributed by atoms with Crippen molar-refractivity contribution in [1.82, 2.24) is 4.31 Å². The first kappa shape index (κ1) is 16.3. The lowest BCUT2D eigenvalue weighted by molar-refractivity contribution is -0.140. The highest BCUT2D eigenvalue weighted by atomic mass is 32.2. The Kier molecular flexibility index (Phi) is 4.65. The fraction of sp³-hybridized carbons (Fsp3) is 0.500. The predicted molar refractivity (Wildman–Crippen MR) is 82.9 cm³/mol. The lowest BCUT2D eigenvalue weighted by Gasteiger charge is -2.24. The van der Waals surface area contributed by atoms with E-state index < -0.39 is 22.0 Å².